The van der Waals surface area contributed by atoms with Crippen molar-refractivity contribution in [1.29, 1.82) is 0 Å². The van der Waals surface area contributed by atoms with Crippen molar-refractivity contribution >= 4 is 47.1 Å². The van der Waals surface area contributed by atoms with Crippen LogP contribution in [0.25, 0.3) is 0 Å². The molecule has 424 valence electrons. The number of hydrogen-bond acceptors (Lipinski definition) is 21. The molecule has 0 bridgehead atoms. The quantitative estimate of drug-likeness (QED) is 0.0830. The van der Waals surface area contributed by atoms with Gasteiger partial charge < -0.3 is 53.2 Å². The zero-order valence-corrected chi connectivity index (χ0v) is 44.3. The third-order valence-electron chi connectivity index (χ3n) is 11.8. The maximum Gasteiger partial charge on any atom is 0.357 e. The van der Waals surface area contributed by atoms with Gasteiger partial charge in [-0.1, -0.05) is 7.43 Å². The third-order valence-corrected chi connectivity index (χ3v) is 11.8. The number of rotatable bonds is 13. The van der Waals surface area contributed by atoms with Crippen LogP contribution in [0, 0.1) is 0 Å². The van der Waals surface area contributed by atoms with Crippen molar-refractivity contribution in [2.24, 2.45) is 0 Å². The van der Waals surface area contributed by atoms with Gasteiger partial charge in [0, 0.05) is 73.0 Å². The predicted molar refractivity (Wildman–Crippen MR) is 283 cm³/mol. The molecule has 2 aliphatic heterocycles. The Morgan fingerprint density at radius 2 is 1.00 bits per heavy atom. The minimum atomic E-state index is -0.661. The molecular weight excluding hydrogens is 1050 g/mol. The van der Waals surface area contributed by atoms with Gasteiger partial charge in [-0.15, -0.1) is 0 Å². The fourth-order valence-electron chi connectivity index (χ4n) is 7.73. The van der Waals surface area contributed by atoms with E-state index in [1.165, 1.54) is 63.9 Å². The van der Waals surface area contributed by atoms with Crippen molar-refractivity contribution in [1.82, 2.24) is 24.8 Å². The van der Waals surface area contributed by atoms with Crippen LogP contribution in [-0.2, 0) is 48.3 Å². The summed E-state index contributed by atoms with van der Waals surface area (Å²) in [5.74, 6) is -0.282. The second kappa shape index (κ2) is 29.6. The zero-order chi connectivity index (χ0) is 57.9. The molecule has 1 aliphatic carbocycles. The Labute approximate surface area is 459 Å². The number of likely N-dealkylation sites (tertiary alicyclic amines) is 1. The van der Waals surface area contributed by atoms with Gasteiger partial charge in [-0.3, -0.25) is 48.5 Å². The minimum absolute atomic E-state index is 0. The molecule has 9 rings (SSSR count). The summed E-state index contributed by atoms with van der Waals surface area (Å²) in [5, 5.41) is 32.3. The fraction of sp³-hybridized carbons (Fsp3) is 0.286. The number of imide groups is 2. The van der Waals surface area contributed by atoms with Crippen LogP contribution in [0.5, 0.6) is 46.3 Å². The number of ether oxygens (including phenoxy) is 8. The van der Waals surface area contributed by atoms with E-state index in [-0.39, 0.29) is 84.4 Å². The van der Waals surface area contributed by atoms with Crippen LogP contribution in [0.2, 0.25) is 0 Å². The van der Waals surface area contributed by atoms with E-state index in [2.05, 4.69) is 24.8 Å². The number of amides is 4. The van der Waals surface area contributed by atoms with Crippen molar-refractivity contribution in [3.63, 3.8) is 0 Å². The fourth-order valence-corrected chi connectivity index (χ4v) is 7.73. The minimum Gasteiger partial charge on any atom is -0.497 e. The van der Waals surface area contributed by atoms with Gasteiger partial charge in [0.25, 0.3) is 0 Å². The molecule has 2 saturated heterocycles. The number of carbonyl (C=O) groups is 8. The third kappa shape index (κ3) is 15.0. The summed E-state index contributed by atoms with van der Waals surface area (Å²) in [5.41, 5.74) is 1.79. The van der Waals surface area contributed by atoms with E-state index < -0.39 is 35.3 Å². The molecule has 4 N–H and O–H groups in total. The molecule has 5 heterocycles. The second-order valence-electron chi connectivity index (χ2n) is 16.5. The van der Waals surface area contributed by atoms with Gasteiger partial charge >= 0.3 is 11.9 Å². The van der Waals surface area contributed by atoms with Gasteiger partial charge in [-0.05, 0) is 60.7 Å². The SMILES string of the molecule is C.COC(=O)c1cccnc1C(=O)OC.COc1ccc(CN2C(=O)CCC2=O)c(OC)c1.COc1ccc(CO)c(OC)c1.COc1ccc(Cn2c(O)c3c(c2O)C(=O)c2ncccc2C3=O)c(OC)c1.O=C1CCC(=O)N1. The van der Waals surface area contributed by atoms with Crippen molar-refractivity contribution in [3.05, 3.63) is 142 Å². The van der Waals surface area contributed by atoms with Gasteiger partial charge in [0.05, 0.1) is 93.3 Å². The first-order chi connectivity index (χ1) is 37.9. The number of pyridine rings is 2. The molecule has 3 aliphatic rings. The van der Waals surface area contributed by atoms with E-state index in [1.54, 1.807) is 89.1 Å². The van der Waals surface area contributed by atoms with Gasteiger partial charge in [0.1, 0.15) is 45.8 Å². The summed E-state index contributed by atoms with van der Waals surface area (Å²) in [4.78, 5) is 100. The standard InChI is InChI=1S/C20H16N2O6.C13H15NO4.C9H9NO4.C9H12O3.C4H5NO2.CH4/c1-27-11-6-5-10(13(8-11)28-2)9-22-19(25)14-15(20(22)26)18(24)16-12(17(14)23)4-3-7-21-16;1-17-10-4-3-9(11(7-10)18-2)8-14-12(15)5-6-13(14)16;1-13-8(11)6-4-3-5-10-7(6)9(12)14-2;1-11-8-4-3-7(6-10)9(5-8)12-2;6-3-1-2-4(7)5-3;/h3-8,25-26H,9H2,1-2H3;3-4,7H,5-6,8H2,1-2H3;3-5H,1-2H3;3-5,10H,6H2,1-2H3;1-2H2,(H,5,6,7);1H4. The number of aromatic nitrogens is 3. The Kier molecular flexibility index (Phi) is 23.2. The largest absolute Gasteiger partial charge is 0.497 e. The number of methoxy groups -OCH3 is 8. The maximum absolute atomic E-state index is 12.8. The Morgan fingerprint density at radius 3 is 1.45 bits per heavy atom. The molecule has 3 aromatic heterocycles. The lowest BCUT2D eigenvalue weighted by Crippen LogP contribution is -2.28. The van der Waals surface area contributed by atoms with E-state index in [1.807, 2.05) is 0 Å². The number of esters is 2. The van der Waals surface area contributed by atoms with Gasteiger partial charge in [0.15, 0.2) is 5.69 Å². The van der Waals surface area contributed by atoms with Crippen molar-refractivity contribution < 1.29 is 91.6 Å². The lowest BCUT2D eigenvalue weighted by Gasteiger charge is -2.16. The number of benzene rings is 3. The molecule has 6 aromatic rings. The van der Waals surface area contributed by atoms with Crippen LogP contribution < -0.4 is 33.7 Å². The van der Waals surface area contributed by atoms with Crippen molar-refractivity contribution in [3.8, 4) is 46.3 Å². The van der Waals surface area contributed by atoms with E-state index >= 15 is 0 Å². The summed E-state index contributed by atoms with van der Waals surface area (Å²) < 4.78 is 40.9. The van der Waals surface area contributed by atoms with Gasteiger partial charge in [-0.25, -0.2) is 14.6 Å². The average Bonchev–Trinajstić information content (AvgIpc) is 4.12. The highest BCUT2D eigenvalue weighted by molar-refractivity contribution is 6.29. The molecule has 24 heteroatoms. The lowest BCUT2D eigenvalue weighted by molar-refractivity contribution is -0.139. The second-order valence-corrected chi connectivity index (χ2v) is 16.5. The molecule has 0 spiro atoms. The highest BCUT2D eigenvalue weighted by Crippen LogP contribution is 2.41. The lowest BCUT2D eigenvalue weighted by atomic mass is 9.89. The number of carbonyl (C=O) groups excluding carboxylic acids is 8. The number of ketones is 2. The number of nitrogens with one attached hydrogen (secondary N) is 1. The molecule has 80 heavy (non-hydrogen) atoms. The van der Waals surface area contributed by atoms with E-state index in [4.69, 9.17) is 33.5 Å². The smallest absolute Gasteiger partial charge is 0.357 e. The van der Waals surface area contributed by atoms with Crippen LogP contribution >= 0.6 is 0 Å². The van der Waals surface area contributed by atoms with Crippen LogP contribution in [0.3, 0.4) is 0 Å². The molecule has 2 fully saturated rings. The zero-order valence-electron chi connectivity index (χ0n) is 44.3. The first-order valence-corrected chi connectivity index (χ1v) is 23.6. The Hall–Kier alpha value is -9.84. The van der Waals surface area contributed by atoms with Crippen molar-refractivity contribution in [2.75, 3.05) is 56.9 Å². The van der Waals surface area contributed by atoms with Crippen LogP contribution in [0.1, 0.15) is 103 Å². The molecule has 0 saturated carbocycles. The average molecular weight is 1110 g/mol. The summed E-state index contributed by atoms with van der Waals surface area (Å²) in [6.45, 7) is 0.209. The summed E-state index contributed by atoms with van der Waals surface area (Å²) in [7, 11) is 11.7. The molecular formula is C56H61N5O19. The molecule has 0 radical (unpaired) electrons. The number of hydrogen-bond donors (Lipinski definition) is 4. The number of aliphatic hydroxyl groups is 1. The molecule has 3 aromatic carbocycles. The maximum atomic E-state index is 12.8. The predicted octanol–water partition coefficient (Wildman–Crippen LogP) is 5.40. The first-order valence-electron chi connectivity index (χ1n) is 23.6. The van der Waals surface area contributed by atoms with Gasteiger partial charge in [0.2, 0.25) is 47.0 Å². The molecule has 4 amide bonds. The molecule has 0 unspecified atom stereocenters. The van der Waals surface area contributed by atoms with E-state index in [0.717, 1.165) is 21.4 Å². The number of aromatic hydroxyl groups is 2. The van der Waals surface area contributed by atoms with Crippen LogP contribution in [-0.4, -0.2) is 139 Å². The summed E-state index contributed by atoms with van der Waals surface area (Å²) >= 11 is 0. The summed E-state index contributed by atoms with van der Waals surface area (Å²) in [6, 6.07) is 21.7. The highest BCUT2D eigenvalue weighted by Gasteiger charge is 2.39. The Balaban J connectivity index is 0.000000230. The highest BCUT2D eigenvalue weighted by atomic mass is 16.5. The van der Waals surface area contributed by atoms with Crippen LogP contribution in [0.4, 0.5) is 0 Å². The van der Waals surface area contributed by atoms with E-state index in [0.29, 0.717) is 60.0 Å². The van der Waals surface area contributed by atoms with Crippen LogP contribution in [0.15, 0.2) is 91.3 Å². The monoisotopic (exact) mass is 1110 g/mol. The summed E-state index contributed by atoms with van der Waals surface area (Å²) in [6.07, 6.45) is 4.15. The molecule has 0 atom stereocenters. The topological polar surface area (TPSA) is 317 Å². The number of nitrogens with zero attached hydrogens (tertiary/aromatic N) is 4. The Morgan fingerprint density at radius 1 is 0.550 bits per heavy atom. The number of aliphatic hydroxyl groups excluding tert-OH is 1. The normalized spacial score (nSPS) is 12.6. The van der Waals surface area contributed by atoms with Crippen molar-refractivity contribution in [2.45, 2.75) is 52.8 Å². The number of fused-ring (bicyclic) bond motifs is 2. The first kappa shape index (κ1) is 62.7. The van der Waals surface area contributed by atoms with E-state index in [9.17, 15) is 48.6 Å². The molecule has 24 nitrogen and oxygen atoms in total. The van der Waals surface area contributed by atoms with Gasteiger partial charge in [-0.2, -0.15) is 0 Å². The Bertz CT molecular complexity index is 3120.